The minimum Gasteiger partial charge on any atom is -0.360 e. The van der Waals surface area contributed by atoms with E-state index in [1.54, 1.807) is 12.3 Å². The van der Waals surface area contributed by atoms with Gasteiger partial charge in [-0.2, -0.15) is 0 Å². The first-order chi connectivity index (χ1) is 9.74. The van der Waals surface area contributed by atoms with Crippen molar-refractivity contribution in [3.63, 3.8) is 0 Å². The van der Waals surface area contributed by atoms with E-state index in [1.165, 1.54) is 5.56 Å². The molecule has 0 radical (unpaired) electrons. The quantitative estimate of drug-likeness (QED) is 0.551. The summed E-state index contributed by atoms with van der Waals surface area (Å²) in [5.74, 6) is 0.0167. The summed E-state index contributed by atoms with van der Waals surface area (Å²) >= 11 is 0. The largest absolute Gasteiger partial charge is 0.360 e. The lowest BCUT2D eigenvalue weighted by atomic mass is 10.1. The first kappa shape index (κ1) is 12.4. The van der Waals surface area contributed by atoms with E-state index in [-0.39, 0.29) is 5.78 Å². The van der Waals surface area contributed by atoms with Gasteiger partial charge in [-0.15, -0.1) is 0 Å². The van der Waals surface area contributed by atoms with Crippen LogP contribution >= 0.6 is 0 Å². The zero-order valence-electron chi connectivity index (χ0n) is 11.3. The molecule has 0 aliphatic rings. The Balaban J connectivity index is 1.87. The normalized spacial score (nSPS) is 11.2. The molecular formula is C18H15NO. The van der Waals surface area contributed by atoms with Crippen LogP contribution in [-0.4, -0.2) is 10.8 Å². The second kappa shape index (κ2) is 5.17. The number of para-hydroxylation sites is 1. The van der Waals surface area contributed by atoms with E-state index in [0.29, 0.717) is 5.56 Å². The molecule has 1 heterocycles. The summed E-state index contributed by atoms with van der Waals surface area (Å²) in [7, 11) is 0. The first-order valence-electron chi connectivity index (χ1n) is 6.59. The molecule has 0 aliphatic heterocycles. The van der Waals surface area contributed by atoms with Crippen molar-refractivity contribution in [3.8, 4) is 0 Å². The number of hydrogen-bond acceptors (Lipinski definition) is 1. The van der Waals surface area contributed by atoms with Gasteiger partial charge in [0.2, 0.25) is 0 Å². The van der Waals surface area contributed by atoms with Gasteiger partial charge in [0.15, 0.2) is 5.78 Å². The highest BCUT2D eigenvalue weighted by Crippen LogP contribution is 2.18. The summed E-state index contributed by atoms with van der Waals surface area (Å²) in [4.78, 5) is 15.4. The van der Waals surface area contributed by atoms with Gasteiger partial charge in [-0.05, 0) is 24.6 Å². The first-order valence-corrected chi connectivity index (χ1v) is 6.59. The van der Waals surface area contributed by atoms with Gasteiger partial charge in [-0.25, -0.2) is 0 Å². The van der Waals surface area contributed by atoms with E-state index in [0.717, 1.165) is 16.5 Å². The number of rotatable bonds is 3. The van der Waals surface area contributed by atoms with Crippen molar-refractivity contribution < 1.29 is 4.79 Å². The molecule has 0 fully saturated rings. The minimum absolute atomic E-state index is 0.0167. The van der Waals surface area contributed by atoms with Gasteiger partial charge in [0.05, 0.1) is 0 Å². The van der Waals surface area contributed by atoms with Crippen LogP contribution in [0.4, 0.5) is 0 Å². The topological polar surface area (TPSA) is 32.9 Å². The van der Waals surface area contributed by atoms with Crippen LogP contribution in [0.5, 0.6) is 0 Å². The molecule has 0 saturated carbocycles. The average molecular weight is 261 g/mol. The van der Waals surface area contributed by atoms with Gasteiger partial charge in [-0.3, -0.25) is 4.79 Å². The zero-order valence-corrected chi connectivity index (χ0v) is 11.3. The Hall–Kier alpha value is -2.61. The number of H-pyrrole nitrogens is 1. The fourth-order valence-corrected chi connectivity index (χ4v) is 2.21. The summed E-state index contributed by atoms with van der Waals surface area (Å²) < 4.78 is 0. The molecule has 1 N–H and O–H groups in total. The second-order valence-electron chi connectivity index (χ2n) is 4.86. The molecule has 3 rings (SSSR count). The summed E-state index contributed by atoms with van der Waals surface area (Å²) in [5.41, 5.74) is 3.94. The number of aromatic amines is 1. The van der Waals surface area contributed by atoms with Crippen molar-refractivity contribution in [2.75, 3.05) is 0 Å². The number of hydrogen-bond donors (Lipinski definition) is 1. The lowest BCUT2D eigenvalue weighted by Crippen LogP contribution is -1.92. The maximum Gasteiger partial charge on any atom is 0.187 e. The fraction of sp³-hybridized carbons (Fsp3) is 0.0556. The predicted octanol–water partition coefficient (Wildman–Crippen LogP) is 4.37. The Kier molecular flexibility index (Phi) is 3.21. The summed E-state index contributed by atoms with van der Waals surface area (Å²) in [6.45, 7) is 2.05. The van der Waals surface area contributed by atoms with Crippen LogP contribution in [0.3, 0.4) is 0 Å². The van der Waals surface area contributed by atoms with E-state index < -0.39 is 0 Å². The molecule has 0 amide bonds. The van der Waals surface area contributed by atoms with E-state index in [1.807, 2.05) is 61.5 Å². The molecule has 2 nitrogen and oxygen atoms in total. The maximum atomic E-state index is 12.3. The Bertz CT molecular complexity index is 779. The number of aryl methyl sites for hydroxylation is 1. The Labute approximate surface area is 117 Å². The van der Waals surface area contributed by atoms with Crippen LogP contribution in [0.25, 0.3) is 17.0 Å². The van der Waals surface area contributed by atoms with E-state index in [4.69, 9.17) is 0 Å². The van der Waals surface area contributed by atoms with Crippen LogP contribution < -0.4 is 0 Å². The number of fused-ring (bicyclic) bond motifs is 1. The average Bonchev–Trinajstić information content (AvgIpc) is 2.90. The molecule has 0 spiro atoms. The molecule has 2 aromatic carbocycles. The molecule has 2 heteroatoms. The number of carbonyl (C=O) groups excluding carboxylic acids is 1. The molecule has 3 aromatic rings. The van der Waals surface area contributed by atoms with Crippen LogP contribution in [0.15, 0.2) is 60.8 Å². The van der Waals surface area contributed by atoms with Crippen molar-refractivity contribution in [1.29, 1.82) is 0 Å². The van der Waals surface area contributed by atoms with Gasteiger partial charge < -0.3 is 4.98 Å². The lowest BCUT2D eigenvalue weighted by Gasteiger charge is -1.95. The standard InChI is InChI=1S/C18H15NO/c1-13-6-8-14(9-7-13)10-11-18(20)16-12-19-17-5-3-2-4-15(16)17/h2-12,19H,1H3/b11-10+. The smallest absolute Gasteiger partial charge is 0.187 e. The molecule has 0 aliphatic carbocycles. The fourth-order valence-electron chi connectivity index (χ4n) is 2.21. The summed E-state index contributed by atoms with van der Waals surface area (Å²) in [5, 5.41) is 0.964. The molecule has 20 heavy (non-hydrogen) atoms. The SMILES string of the molecule is Cc1ccc(/C=C/C(=O)c2c[nH]c3ccccc23)cc1. The third kappa shape index (κ3) is 2.41. The number of aromatic nitrogens is 1. The zero-order chi connectivity index (χ0) is 13.9. The van der Waals surface area contributed by atoms with Crippen molar-refractivity contribution in [3.05, 3.63) is 77.5 Å². The van der Waals surface area contributed by atoms with Crippen LogP contribution in [0.2, 0.25) is 0 Å². The number of allylic oxidation sites excluding steroid dienone is 1. The van der Waals surface area contributed by atoms with Crippen molar-refractivity contribution >= 4 is 22.8 Å². The number of nitrogens with one attached hydrogen (secondary N) is 1. The van der Waals surface area contributed by atoms with Crippen molar-refractivity contribution in [2.24, 2.45) is 0 Å². The third-order valence-corrected chi connectivity index (χ3v) is 3.36. The van der Waals surface area contributed by atoms with Crippen LogP contribution in [0.1, 0.15) is 21.5 Å². The van der Waals surface area contributed by atoms with Gasteiger partial charge in [-0.1, -0.05) is 54.1 Å². The molecule has 98 valence electrons. The molecule has 0 bridgehead atoms. The van der Waals surface area contributed by atoms with Gasteiger partial charge >= 0.3 is 0 Å². The highest BCUT2D eigenvalue weighted by atomic mass is 16.1. The Morgan fingerprint density at radius 1 is 1.05 bits per heavy atom. The predicted molar refractivity (Wildman–Crippen MR) is 82.8 cm³/mol. The van der Waals surface area contributed by atoms with Crippen LogP contribution in [0, 0.1) is 6.92 Å². The highest BCUT2D eigenvalue weighted by molar-refractivity contribution is 6.14. The molecule has 1 aromatic heterocycles. The van der Waals surface area contributed by atoms with Gasteiger partial charge in [0.25, 0.3) is 0 Å². The highest BCUT2D eigenvalue weighted by Gasteiger charge is 2.08. The number of benzene rings is 2. The third-order valence-electron chi connectivity index (χ3n) is 3.36. The summed E-state index contributed by atoms with van der Waals surface area (Å²) in [6.07, 6.45) is 5.25. The van der Waals surface area contributed by atoms with Crippen LogP contribution in [-0.2, 0) is 0 Å². The minimum atomic E-state index is 0.0167. The van der Waals surface area contributed by atoms with Gasteiger partial charge in [0.1, 0.15) is 0 Å². The summed E-state index contributed by atoms with van der Waals surface area (Å²) in [6, 6.07) is 15.9. The molecule has 0 unspecified atom stereocenters. The Morgan fingerprint density at radius 3 is 2.60 bits per heavy atom. The maximum absolute atomic E-state index is 12.3. The van der Waals surface area contributed by atoms with E-state index >= 15 is 0 Å². The van der Waals surface area contributed by atoms with Gasteiger partial charge in [0, 0.05) is 22.7 Å². The monoisotopic (exact) mass is 261 g/mol. The number of ketones is 1. The molecule has 0 atom stereocenters. The van der Waals surface area contributed by atoms with Crippen molar-refractivity contribution in [1.82, 2.24) is 4.98 Å². The van der Waals surface area contributed by atoms with E-state index in [2.05, 4.69) is 4.98 Å². The van der Waals surface area contributed by atoms with E-state index in [9.17, 15) is 4.79 Å². The van der Waals surface area contributed by atoms with Crippen molar-refractivity contribution in [2.45, 2.75) is 6.92 Å². The lowest BCUT2D eigenvalue weighted by molar-refractivity contribution is 0.104. The second-order valence-corrected chi connectivity index (χ2v) is 4.86. The Morgan fingerprint density at radius 2 is 1.80 bits per heavy atom. The molecule has 0 saturated heterocycles. The number of carbonyl (C=O) groups is 1. The molecular weight excluding hydrogens is 246 g/mol.